The zero-order valence-corrected chi connectivity index (χ0v) is 7.60. The molecule has 84 valence electrons. The van der Waals surface area contributed by atoms with Crippen LogP contribution in [0.2, 0.25) is 0 Å². The van der Waals surface area contributed by atoms with Crippen molar-refractivity contribution in [2.24, 2.45) is 0 Å². The number of benzene rings is 1. The Labute approximate surface area is 87.3 Å². The minimum absolute atomic E-state index is 0.0507. The fourth-order valence-corrected chi connectivity index (χ4v) is 1.13. The highest BCUT2D eigenvalue weighted by Gasteiger charge is 2.35. The van der Waals surface area contributed by atoms with E-state index in [4.69, 9.17) is 5.26 Å². The smallest absolute Gasteiger partial charge is 0.327 e. The van der Waals surface area contributed by atoms with Crippen molar-refractivity contribution < 1.29 is 22.4 Å². The molecule has 0 fully saturated rings. The summed E-state index contributed by atoms with van der Waals surface area (Å²) in [5.74, 6) is -1.13. The summed E-state index contributed by atoms with van der Waals surface area (Å²) in [6, 6.07) is 2.25. The lowest BCUT2D eigenvalue weighted by Gasteiger charge is -2.13. The third kappa shape index (κ3) is 2.11. The van der Waals surface area contributed by atoms with Gasteiger partial charge in [0.2, 0.25) is 6.41 Å². The molecule has 0 bridgehead atoms. The van der Waals surface area contributed by atoms with E-state index in [1.54, 1.807) is 5.32 Å². The molecular weight excluding hydrogens is 228 g/mol. The van der Waals surface area contributed by atoms with E-state index in [1.165, 1.54) is 6.07 Å². The van der Waals surface area contributed by atoms with Crippen molar-refractivity contribution in [3.8, 4) is 6.07 Å². The minimum Gasteiger partial charge on any atom is -0.327 e. The summed E-state index contributed by atoms with van der Waals surface area (Å²) < 4.78 is 50.3. The van der Waals surface area contributed by atoms with Gasteiger partial charge in [-0.25, -0.2) is 4.39 Å². The van der Waals surface area contributed by atoms with Gasteiger partial charge in [0, 0.05) is 0 Å². The molecule has 0 spiro atoms. The molecule has 0 radical (unpaired) electrons. The molecule has 0 aromatic heterocycles. The third-order valence-electron chi connectivity index (χ3n) is 1.77. The standard InChI is InChI=1S/C9H4F4N2O/c10-7-2-1-6(9(11,12)13)8(15-4-16)5(7)3-14/h1-2,4H,(H,15,16). The van der Waals surface area contributed by atoms with E-state index in [1.807, 2.05) is 0 Å². The second kappa shape index (κ2) is 4.18. The van der Waals surface area contributed by atoms with Gasteiger partial charge in [-0.2, -0.15) is 18.4 Å². The van der Waals surface area contributed by atoms with Crippen LogP contribution in [0.3, 0.4) is 0 Å². The van der Waals surface area contributed by atoms with Crippen LogP contribution in [-0.4, -0.2) is 6.41 Å². The Morgan fingerprint density at radius 1 is 1.38 bits per heavy atom. The summed E-state index contributed by atoms with van der Waals surface area (Å²) in [6.45, 7) is 0. The van der Waals surface area contributed by atoms with Gasteiger partial charge in [0.25, 0.3) is 0 Å². The lowest BCUT2D eigenvalue weighted by Crippen LogP contribution is -2.12. The molecule has 0 aliphatic carbocycles. The zero-order chi connectivity index (χ0) is 12.3. The number of amides is 1. The SMILES string of the molecule is N#Cc1c(F)ccc(C(F)(F)F)c1NC=O. The Morgan fingerprint density at radius 2 is 2.00 bits per heavy atom. The number of anilines is 1. The fourth-order valence-electron chi connectivity index (χ4n) is 1.13. The molecule has 0 heterocycles. The largest absolute Gasteiger partial charge is 0.418 e. The Morgan fingerprint density at radius 3 is 2.44 bits per heavy atom. The molecule has 16 heavy (non-hydrogen) atoms. The van der Waals surface area contributed by atoms with Crippen molar-refractivity contribution in [2.45, 2.75) is 6.18 Å². The van der Waals surface area contributed by atoms with Gasteiger partial charge in [-0.3, -0.25) is 4.79 Å². The van der Waals surface area contributed by atoms with Crippen LogP contribution in [0, 0.1) is 17.1 Å². The molecule has 0 saturated carbocycles. The van der Waals surface area contributed by atoms with Gasteiger partial charge in [0.05, 0.1) is 11.3 Å². The van der Waals surface area contributed by atoms with Crippen molar-refractivity contribution in [3.63, 3.8) is 0 Å². The normalized spacial score (nSPS) is 10.7. The molecule has 0 aliphatic rings. The molecule has 1 aromatic rings. The first-order valence-corrected chi connectivity index (χ1v) is 3.91. The summed E-state index contributed by atoms with van der Waals surface area (Å²) >= 11 is 0. The maximum Gasteiger partial charge on any atom is 0.418 e. The first-order valence-electron chi connectivity index (χ1n) is 3.91. The first kappa shape index (κ1) is 12.0. The maximum absolute atomic E-state index is 13.0. The molecule has 1 rings (SSSR count). The van der Waals surface area contributed by atoms with E-state index < -0.39 is 28.8 Å². The van der Waals surface area contributed by atoms with E-state index in [0.29, 0.717) is 12.1 Å². The van der Waals surface area contributed by atoms with E-state index >= 15 is 0 Å². The number of nitriles is 1. The minimum atomic E-state index is -4.77. The molecule has 7 heteroatoms. The van der Waals surface area contributed by atoms with Crippen LogP contribution in [0.5, 0.6) is 0 Å². The highest BCUT2D eigenvalue weighted by Crippen LogP contribution is 2.37. The van der Waals surface area contributed by atoms with Crippen molar-refractivity contribution in [2.75, 3.05) is 5.32 Å². The summed E-state index contributed by atoms with van der Waals surface area (Å²) in [6.07, 6.45) is -4.82. The monoisotopic (exact) mass is 232 g/mol. The second-order valence-corrected chi connectivity index (χ2v) is 2.72. The van der Waals surface area contributed by atoms with Crippen molar-refractivity contribution in [1.29, 1.82) is 5.26 Å². The predicted molar refractivity (Wildman–Crippen MR) is 45.8 cm³/mol. The Hall–Kier alpha value is -2.10. The first-order chi connectivity index (χ1) is 7.41. The van der Waals surface area contributed by atoms with Gasteiger partial charge in [-0.1, -0.05) is 0 Å². The van der Waals surface area contributed by atoms with Crippen LogP contribution >= 0.6 is 0 Å². The predicted octanol–water partition coefficient (Wildman–Crippen LogP) is 2.28. The van der Waals surface area contributed by atoms with Gasteiger partial charge in [-0.15, -0.1) is 0 Å². The number of nitrogens with one attached hydrogen (secondary N) is 1. The summed E-state index contributed by atoms with van der Waals surface area (Å²) in [5.41, 5.74) is -2.98. The van der Waals surface area contributed by atoms with Crippen LogP contribution in [0.1, 0.15) is 11.1 Å². The Kier molecular flexibility index (Phi) is 3.13. The van der Waals surface area contributed by atoms with Gasteiger partial charge in [0.1, 0.15) is 17.4 Å². The summed E-state index contributed by atoms with van der Waals surface area (Å²) in [5, 5.41) is 10.2. The third-order valence-corrected chi connectivity index (χ3v) is 1.77. The molecule has 0 atom stereocenters. The second-order valence-electron chi connectivity index (χ2n) is 2.72. The Bertz CT molecular complexity index is 462. The van der Waals surface area contributed by atoms with Crippen LogP contribution in [0.25, 0.3) is 0 Å². The van der Waals surface area contributed by atoms with E-state index in [2.05, 4.69) is 0 Å². The molecule has 0 aliphatic heterocycles. The Balaban J connectivity index is 3.52. The molecule has 0 unspecified atom stereocenters. The van der Waals surface area contributed by atoms with Crippen LogP contribution < -0.4 is 5.32 Å². The highest BCUT2D eigenvalue weighted by atomic mass is 19.4. The van der Waals surface area contributed by atoms with Crippen LogP contribution in [-0.2, 0) is 11.0 Å². The average Bonchev–Trinajstić information content (AvgIpc) is 2.16. The lowest BCUT2D eigenvalue weighted by molar-refractivity contribution is -0.137. The molecule has 3 nitrogen and oxygen atoms in total. The number of halogens is 4. The lowest BCUT2D eigenvalue weighted by atomic mass is 10.1. The number of hydrogen-bond donors (Lipinski definition) is 1. The van der Waals surface area contributed by atoms with Crippen molar-refractivity contribution in [3.05, 3.63) is 29.1 Å². The molecule has 1 aromatic carbocycles. The zero-order valence-electron chi connectivity index (χ0n) is 7.60. The number of carbonyl (C=O) groups excluding carboxylic acids is 1. The van der Waals surface area contributed by atoms with Gasteiger partial charge in [-0.05, 0) is 12.1 Å². The van der Waals surface area contributed by atoms with Crippen molar-refractivity contribution >= 4 is 12.1 Å². The van der Waals surface area contributed by atoms with Crippen molar-refractivity contribution in [1.82, 2.24) is 0 Å². The molecule has 1 N–H and O–H groups in total. The van der Waals surface area contributed by atoms with E-state index in [0.717, 1.165) is 0 Å². The van der Waals surface area contributed by atoms with Gasteiger partial charge < -0.3 is 5.32 Å². The maximum atomic E-state index is 13.0. The van der Waals surface area contributed by atoms with E-state index in [9.17, 15) is 22.4 Å². The van der Waals surface area contributed by atoms with Crippen LogP contribution in [0.4, 0.5) is 23.2 Å². The molecular formula is C9H4F4N2O. The molecule has 1 amide bonds. The number of nitrogens with zero attached hydrogens (tertiary/aromatic N) is 1. The number of alkyl halides is 3. The topological polar surface area (TPSA) is 52.9 Å². The molecule has 0 saturated heterocycles. The number of hydrogen-bond acceptors (Lipinski definition) is 2. The number of carbonyl (C=O) groups is 1. The van der Waals surface area contributed by atoms with Gasteiger partial charge >= 0.3 is 6.18 Å². The van der Waals surface area contributed by atoms with Gasteiger partial charge in [0.15, 0.2) is 0 Å². The summed E-state index contributed by atoms with van der Waals surface area (Å²) in [4.78, 5) is 10.1. The quantitative estimate of drug-likeness (QED) is 0.628. The average molecular weight is 232 g/mol. The summed E-state index contributed by atoms with van der Waals surface area (Å²) in [7, 11) is 0. The van der Waals surface area contributed by atoms with E-state index in [-0.39, 0.29) is 6.41 Å². The number of rotatable bonds is 2. The fraction of sp³-hybridized carbons (Fsp3) is 0.111. The van der Waals surface area contributed by atoms with Crippen LogP contribution in [0.15, 0.2) is 12.1 Å². The highest BCUT2D eigenvalue weighted by molar-refractivity contribution is 5.78.